The van der Waals surface area contributed by atoms with Gasteiger partial charge in [-0.15, -0.1) is 0 Å². The van der Waals surface area contributed by atoms with Crippen molar-refractivity contribution in [1.82, 2.24) is 10.6 Å². The number of halogens is 4. The number of nitrogens with zero attached hydrogens (tertiary/aromatic N) is 1. The van der Waals surface area contributed by atoms with Crippen LogP contribution in [0.5, 0.6) is 0 Å². The van der Waals surface area contributed by atoms with E-state index in [1.807, 2.05) is 6.07 Å². The highest BCUT2D eigenvalue weighted by Crippen LogP contribution is 2.41. The Morgan fingerprint density at radius 3 is 2.03 bits per heavy atom. The summed E-state index contributed by atoms with van der Waals surface area (Å²) >= 11 is 0. The molecule has 0 aromatic heterocycles. The van der Waals surface area contributed by atoms with E-state index in [1.54, 1.807) is 0 Å². The number of carbonyl (C=O) groups is 1. The molecule has 0 bridgehead atoms. The van der Waals surface area contributed by atoms with Crippen LogP contribution in [0.2, 0.25) is 0 Å². The van der Waals surface area contributed by atoms with Crippen molar-refractivity contribution >= 4 is 25.6 Å². The molecule has 2 aliphatic rings. The molecule has 2 saturated carbocycles. The molecule has 210 valence electrons. The Morgan fingerprint density at radius 1 is 1.00 bits per heavy atom. The van der Waals surface area contributed by atoms with Gasteiger partial charge in [-0.3, -0.25) is 10.1 Å². The minimum Gasteiger partial charge on any atom is -0.336 e. The first-order valence-corrected chi connectivity index (χ1v) is 15.3. The molecule has 0 radical (unpaired) electrons. The second-order valence-corrected chi connectivity index (χ2v) is 14.1. The van der Waals surface area contributed by atoms with Crippen molar-refractivity contribution in [1.29, 1.82) is 5.26 Å². The average Bonchev–Trinajstić information content (AvgIpc) is 3.80. The minimum absolute atomic E-state index is 0.124. The number of carbonyl (C=O) groups excluding carboxylic acids is 1. The van der Waals surface area contributed by atoms with Crippen LogP contribution in [0, 0.1) is 28.9 Å². The molecule has 2 aliphatic carbocycles. The van der Waals surface area contributed by atoms with Crippen molar-refractivity contribution in [3.05, 3.63) is 65.7 Å². The van der Waals surface area contributed by atoms with Crippen LogP contribution in [0.4, 0.5) is 17.6 Å². The third-order valence-corrected chi connectivity index (χ3v) is 10.3. The Balaban J connectivity index is 1.74. The van der Waals surface area contributed by atoms with Crippen molar-refractivity contribution < 1.29 is 39.2 Å². The monoisotopic (exact) mass is 587 g/mol. The number of rotatable bonds is 12. The van der Waals surface area contributed by atoms with Crippen molar-refractivity contribution in [2.75, 3.05) is 11.5 Å². The van der Waals surface area contributed by atoms with Gasteiger partial charge in [-0.1, -0.05) is 12.1 Å². The lowest BCUT2D eigenvalue weighted by atomic mass is 10.1. The number of benzene rings is 2. The molecule has 39 heavy (non-hydrogen) atoms. The van der Waals surface area contributed by atoms with Gasteiger partial charge in [0.25, 0.3) is 0 Å². The SMILES string of the molecule is N#CC1(NC(=O)[C@H](CS(=O)(=O)CC2CC2)N[C@@H](c2ccc(F)cc2)C(F)(F)S(=O)(=O)c2ccc(F)cc2)CC1. The Labute approximate surface area is 223 Å². The third-order valence-electron chi connectivity index (χ3n) is 6.64. The number of sulfone groups is 2. The highest BCUT2D eigenvalue weighted by molar-refractivity contribution is 7.92. The average molecular weight is 588 g/mol. The van der Waals surface area contributed by atoms with Gasteiger partial charge < -0.3 is 5.32 Å². The van der Waals surface area contributed by atoms with Gasteiger partial charge >= 0.3 is 5.25 Å². The second-order valence-electron chi connectivity index (χ2n) is 9.93. The molecule has 0 spiro atoms. The van der Waals surface area contributed by atoms with Crippen LogP contribution in [0.1, 0.15) is 37.3 Å². The lowest BCUT2D eigenvalue weighted by Crippen LogP contribution is -2.56. The van der Waals surface area contributed by atoms with Gasteiger partial charge in [0.05, 0.1) is 22.5 Å². The maximum atomic E-state index is 16.0. The summed E-state index contributed by atoms with van der Waals surface area (Å²) in [5.74, 6) is -4.10. The molecule has 8 nitrogen and oxygen atoms in total. The summed E-state index contributed by atoms with van der Waals surface area (Å²) in [5.41, 5.74) is -1.73. The Kier molecular flexibility index (Phi) is 7.81. The molecule has 2 aromatic carbocycles. The quantitative estimate of drug-likeness (QED) is 0.288. The molecule has 14 heteroatoms. The van der Waals surface area contributed by atoms with Crippen molar-refractivity contribution in [3.63, 3.8) is 0 Å². The predicted octanol–water partition coefficient (Wildman–Crippen LogP) is 3.03. The van der Waals surface area contributed by atoms with Gasteiger partial charge in [0.1, 0.15) is 29.3 Å². The Morgan fingerprint density at radius 2 is 1.54 bits per heavy atom. The van der Waals surface area contributed by atoms with Gasteiger partial charge in [0, 0.05) is 0 Å². The van der Waals surface area contributed by atoms with E-state index in [4.69, 9.17) is 0 Å². The molecule has 2 N–H and O–H groups in total. The van der Waals surface area contributed by atoms with Crippen LogP contribution in [0.3, 0.4) is 0 Å². The van der Waals surface area contributed by atoms with E-state index in [0.29, 0.717) is 37.1 Å². The van der Waals surface area contributed by atoms with E-state index < -0.39 is 76.3 Å². The van der Waals surface area contributed by atoms with Crippen molar-refractivity contribution in [2.24, 2.45) is 5.92 Å². The molecule has 2 aromatic rings. The van der Waals surface area contributed by atoms with Crippen LogP contribution in [-0.4, -0.2) is 51.1 Å². The van der Waals surface area contributed by atoms with E-state index in [0.717, 1.165) is 24.3 Å². The third kappa shape index (κ3) is 6.59. The number of amides is 1. The number of hydrogen-bond donors (Lipinski definition) is 2. The largest absolute Gasteiger partial charge is 0.368 e. The summed E-state index contributed by atoms with van der Waals surface area (Å²) in [7, 11) is -9.53. The van der Waals surface area contributed by atoms with Crippen molar-refractivity contribution in [3.8, 4) is 6.07 Å². The van der Waals surface area contributed by atoms with Gasteiger partial charge in [-0.2, -0.15) is 14.0 Å². The lowest BCUT2D eigenvalue weighted by molar-refractivity contribution is -0.123. The maximum Gasteiger partial charge on any atom is 0.368 e. The van der Waals surface area contributed by atoms with E-state index in [1.165, 1.54) is 0 Å². The minimum atomic E-state index is -5.55. The van der Waals surface area contributed by atoms with Gasteiger partial charge in [0.15, 0.2) is 9.84 Å². The lowest BCUT2D eigenvalue weighted by Gasteiger charge is -2.31. The number of alkyl halides is 2. The molecule has 2 atom stereocenters. The summed E-state index contributed by atoms with van der Waals surface area (Å²) in [6.45, 7) is 0. The molecule has 2 fully saturated rings. The number of nitrogens with one attached hydrogen (secondary N) is 2. The zero-order valence-corrected chi connectivity index (χ0v) is 22.0. The first kappa shape index (κ1) is 29.0. The highest BCUT2D eigenvalue weighted by Gasteiger charge is 2.55. The number of nitriles is 1. The van der Waals surface area contributed by atoms with E-state index in [2.05, 4.69) is 10.6 Å². The summed E-state index contributed by atoms with van der Waals surface area (Å²) in [5, 5.41) is 9.22. The predicted molar refractivity (Wildman–Crippen MR) is 132 cm³/mol. The smallest absolute Gasteiger partial charge is 0.336 e. The van der Waals surface area contributed by atoms with Gasteiger partial charge in [-0.05, 0) is 73.6 Å². The molecule has 0 heterocycles. The summed E-state index contributed by atoms with van der Waals surface area (Å²) in [6.07, 6.45) is 1.86. The fraction of sp³-hybridized carbons (Fsp3) is 0.440. The van der Waals surface area contributed by atoms with Crippen molar-refractivity contribution in [2.45, 2.75) is 53.5 Å². The van der Waals surface area contributed by atoms with Crippen LogP contribution in [0.15, 0.2) is 53.4 Å². The van der Waals surface area contributed by atoms with E-state index >= 15 is 8.78 Å². The van der Waals surface area contributed by atoms with Crippen LogP contribution < -0.4 is 10.6 Å². The summed E-state index contributed by atoms with van der Waals surface area (Å²) < 4.78 is 111. The second kappa shape index (κ2) is 10.5. The summed E-state index contributed by atoms with van der Waals surface area (Å²) in [6, 6.07) is 3.50. The molecule has 0 aliphatic heterocycles. The molecule has 4 rings (SSSR count). The van der Waals surface area contributed by atoms with E-state index in [-0.39, 0.29) is 24.5 Å². The molecular formula is C25H25F4N3O5S2. The fourth-order valence-electron chi connectivity index (χ4n) is 4.05. The topological polar surface area (TPSA) is 133 Å². The zero-order chi connectivity index (χ0) is 28.6. The number of hydrogen-bond acceptors (Lipinski definition) is 7. The Hall–Kier alpha value is -3.02. The molecular weight excluding hydrogens is 562 g/mol. The van der Waals surface area contributed by atoms with E-state index in [9.17, 15) is 35.7 Å². The van der Waals surface area contributed by atoms with Gasteiger partial charge in [-0.25, -0.2) is 25.6 Å². The molecule has 0 unspecified atom stereocenters. The zero-order valence-electron chi connectivity index (χ0n) is 20.4. The standard InChI is InChI=1S/C25H25F4N3O5S2/c26-18-5-3-17(4-6-18)22(25(28,29)39(36,37)20-9-7-19(27)8-10-20)31-21(14-38(34,35)13-16-1-2-16)23(33)32-24(15-30)11-12-24/h3-10,16,21-22,31H,1-2,11-14H2,(H,32,33)/t21-,22-/m0/s1. The van der Waals surface area contributed by atoms with Crippen LogP contribution in [0.25, 0.3) is 0 Å². The first-order valence-electron chi connectivity index (χ1n) is 12.0. The molecule has 0 saturated heterocycles. The Bertz CT molecular complexity index is 1480. The van der Waals surface area contributed by atoms with Crippen LogP contribution in [-0.2, 0) is 24.5 Å². The molecule has 1 amide bonds. The summed E-state index contributed by atoms with van der Waals surface area (Å²) in [4.78, 5) is 12.2. The fourth-order valence-corrected chi connectivity index (χ4v) is 7.31. The van der Waals surface area contributed by atoms with Gasteiger partial charge in [0.2, 0.25) is 15.7 Å². The normalized spacial score (nSPS) is 18.5. The van der Waals surface area contributed by atoms with Crippen LogP contribution >= 0.6 is 0 Å². The first-order chi connectivity index (χ1) is 18.2. The highest BCUT2D eigenvalue weighted by atomic mass is 32.2. The maximum absolute atomic E-state index is 16.0.